The maximum atomic E-state index is 12.0. The third kappa shape index (κ3) is 5.95. The van der Waals surface area contributed by atoms with Crippen molar-refractivity contribution in [3.05, 3.63) is 29.8 Å². The molecule has 0 atom stereocenters. The lowest BCUT2D eigenvalue weighted by molar-refractivity contribution is -0.139. The van der Waals surface area contributed by atoms with Crippen LogP contribution < -0.4 is 10.6 Å². The van der Waals surface area contributed by atoms with Crippen molar-refractivity contribution in [1.82, 2.24) is 5.32 Å². The molecule has 0 aromatic heterocycles. The Morgan fingerprint density at radius 1 is 1.18 bits per heavy atom. The largest absolute Gasteiger partial charge is 0.481 e. The van der Waals surface area contributed by atoms with E-state index in [9.17, 15) is 14.4 Å². The van der Waals surface area contributed by atoms with Crippen molar-refractivity contribution in [2.75, 3.05) is 11.9 Å². The van der Waals surface area contributed by atoms with Gasteiger partial charge >= 0.3 is 5.97 Å². The van der Waals surface area contributed by atoms with Crippen molar-refractivity contribution < 1.29 is 19.5 Å². The fourth-order valence-corrected chi connectivity index (χ4v) is 2.11. The molecule has 0 aliphatic heterocycles. The molecule has 0 bridgehead atoms. The zero-order valence-corrected chi connectivity index (χ0v) is 13.1. The Morgan fingerprint density at radius 2 is 1.86 bits per heavy atom. The van der Waals surface area contributed by atoms with Gasteiger partial charge in [-0.05, 0) is 30.5 Å². The Balaban J connectivity index is 2.70. The van der Waals surface area contributed by atoms with Crippen LogP contribution in [0.4, 0.5) is 5.69 Å². The molecule has 0 saturated heterocycles. The normalized spacial score (nSPS) is 10.9. The van der Waals surface area contributed by atoms with Crippen LogP contribution in [0.25, 0.3) is 0 Å². The summed E-state index contributed by atoms with van der Waals surface area (Å²) in [5.41, 5.74) is 0.344. The molecule has 0 unspecified atom stereocenters. The second kappa shape index (κ2) is 7.59. The molecule has 0 heterocycles. The summed E-state index contributed by atoms with van der Waals surface area (Å²) in [7, 11) is 0. The fraction of sp³-hybridized carbons (Fsp3) is 0.438. The van der Waals surface area contributed by atoms with Gasteiger partial charge < -0.3 is 15.7 Å². The molecule has 2 amide bonds. The first-order chi connectivity index (χ1) is 10.2. The zero-order chi connectivity index (χ0) is 16.8. The van der Waals surface area contributed by atoms with Crippen molar-refractivity contribution in [3.8, 4) is 0 Å². The summed E-state index contributed by atoms with van der Waals surface area (Å²) in [6.07, 6.45) is 0.00402. The molecule has 120 valence electrons. The van der Waals surface area contributed by atoms with Gasteiger partial charge in [-0.2, -0.15) is 0 Å². The molecule has 6 heteroatoms. The summed E-state index contributed by atoms with van der Waals surface area (Å²) in [5, 5.41) is 14.2. The quantitative estimate of drug-likeness (QED) is 0.720. The maximum absolute atomic E-state index is 12.0. The van der Waals surface area contributed by atoms with Crippen LogP contribution in [-0.2, 0) is 9.59 Å². The molecule has 0 spiro atoms. The van der Waals surface area contributed by atoms with Crippen molar-refractivity contribution in [1.29, 1.82) is 0 Å². The number of nitrogens with one attached hydrogen (secondary N) is 2. The van der Waals surface area contributed by atoms with Crippen molar-refractivity contribution >= 4 is 23.5 Å². The van der Waals surface area contributed by atoms with Crippen LogP contribution in [0.3, 0.4) is 0 Å². The lowest BCUT2D eigenvalue weighted by Crippen LogP contribution is -2.25. The summed E-state index contributed by atoms with van der Waals surface area (Å²) in [6.45, 7) is 5.81. The van der Waals surface area contributed by atoms with Crippen molar-refractivity contribution in [2.45, 2.75) is 33.6 Å². The van der Waals surface area contributed by atoms with Crippen LogP contribution in [0.2, 0.25) is 0 Å². The van der Waals surface area contributed by atoms with E-state index in [1.165, 1.54) is 0 Å². The van der Waals surface area contributed by atoms with Crippen LogP contribution in [0.5, 0.6) is 0 Å². The maximum Gasteiger partial charge on any atom is 0.303 e. The molecular formula is C16H22N2O4. The third-order valence-electron chi connectivity index (χ3n) is 3.01. The molecule has 0 aliphatic carbocycles. The van der Waals surface area contributed by atoms with Crippen LogP contribution in [-0.4, -0.2) is 29.4 Å². The van der Waals surface area contributed by atoms with Gasteiger partial charge in [-0.25, -0.2) is 0 Å². The minimum Gasteiger partial charge on any atom is -0.481 e. The van der Waals surface area contributed by atoms with E-state index in [1.807, 2.05) is 6.92 Å². The molecule has 22 heavy (non-hydrogen) atoms. The number of benzene rings is 1. The highest BCUT2D eigenvalue weighted by molar-refractivity contribution is 5.97. The third-order valence-corrected chi connectivity index (χ3v) is 3.01. The molecule has 3 N–H and O–H groups in total. The molecule has 0 fully saturated rings. The first-order valence-corrected chi connectivity index (χ1v) is 7.13. The molecular weight excluding hydrogens is 284 g/mol. The molecule has 1 aromatic rings. The number of carboxylic acid groups (broad SMARTS) is 1. The van der Waals surface area contributed by atoms with Crippen LogP contribution in [0.15, 0.2) is 24.3 Å². The summed E-state index contributed by atoms with van der Waals surface area (Å²) < 4.78 is 0. The SMILES string of the molecule is CCNC(=O)c1cccc(NC(=O)CC(C)(C)CC(=O)O)c1. The number of hydrogen-bond acceptors (Lipinski definition) is 3. The lowest BCUT2D eigenvalue weighted by atomic mass is 9.85. The van der Waals surface area contributed by atoms with Gasteiger partial charge in [-0.3, -0.25) is 14.4 Å². The fourth-order valence-electron chi connectivity index (χ4n) is 2.11. The summed E-state index contributed by atoms with van der Waals surface area (Å²) in [6, 6.07) is 6.62. The number of carboxylic acids is 1. The molecule has 0 aliphatic rings. The van der Waals surface area contributed by atoms with Gasteiger partial charge in [0.25, 0.3) is 5.91 Å². The van der Waals surface area contributed by atoms with E-state index in [2.05, 4.69) is 10.6 Å². The molecule has 1 aromatic carbocycles. The van der Waals surface area contributed by atoms with Crippen LogP contribution in [0, 0.1) is 5.41 Å². The number of carbonyl (C=O) groups is 3. The van der Waals surface area contributed by atoms with E-state index < -0.39 is 11.4 Å². The topological polar surface area (TPSA) is 95.5 Å². The van der Waals surface area contributed by atoms with E-state index in [0.717, 1.165) is 0 Å². The Hall–Kier alpha value is -2.37. The number of anilines is 1. The molecule has 6 nitrogen and oxygen atoms in total. The molecule has 0 saturated carbocycles. The van der Waals surface area contributed by atoms with Crippen LogP contribution >= 0.6 is 0 Å². The number of rotatable bonds is 7. The predicted molar refractivity (Wildman–Crippen MR) is 83.7 cm³/mol. The number of amides is 2. The Morgan fingerprint density at radius 3 is 2.45 bits per heavy atom. The summed E-state index contributed by atoms with van der Waals surface area (Å²) in [4.78, 5) is 34.5. The Kier molecular flexibility index (Phi) is 6.10. The van der Waals surface area contributed by atoms with Gasteiger partial charge in [0.1, 0.15) is 0 Å². The van der Waals surface area contributed by atoms with Crippen molar-refractivity contribution in [2.24, 2.45) is 5.41 Å². The highest BCUT2D eigenvalue weighted by Crippen LogP contribution is 2.25. The first kappa shape index (κ1) is 17.7. The van der Waals surface area contributed by atoms with Crippen molar-refractivity contribution in [3.63, 3.8) is 0 Å². The minimum absolute atomic E-state index is 0.0840. The monoisotopic (exact) mass is 306 g/mol. The Bertz CT molecular complexity index is 567. The second-order valence-electron chi connectivity index (χ2n) is 5.90. The highest BCUT2D eigenvalue weighted by atomic mass is 16.4. The standard InChI is InChI=1S/C16H22N2O4/c1-4-17-15(22)11-6-5-7-12(8-11)18-13(19)9-16(2,3)10-14(20)21/h5-8H,4,9-10H2,1-3H3,(H,17,22)(H,18,19)(H,20,21). The molecule has 0 radical (unpaired) electrons. The van der Waals surface area contributed by atoms with Gasteiger partial charge in [0.2, 0.25) is 5.91 Å². The average molecular weight is 306 g/mol. The van der Waals surface area contributed by atoms with Gasteiger partial charge in [-0.1, -0.05) is 19.9 Å². The van der Waals surface area contributed by atoms with Gasteiger partial charge in [-0.15, -0.1) is 0 Å². The van der Waals surface area contributed by atoms with Gasteiger partial charge in [0, 0.05) is 24.2 Å². The van der Waals surface area contributed by atoms with Gasteiger partial charge in [0.05, 0.1) is 6.42 Å². The zero-order valence-electron chi connectivity index (χ0n) is 13.1. The molecule has 1 rings (SSSR count). The first-order valence-electron chi connectivity index (χ1n) is 7.13. The van der Waals surface area contributed by atoms with E-state index in [4.69, 9.17) is 5.11 Å². The minimum atomic E-state index is -0.934. The average Bonchev–Trinajstić information content (AvgIpc) is 2.36. The van der Waals surface area contributed by atoms with Crippen LogP contribution in [0.1, 0.15) is 44.0 Å². The number of hydrogen-bond donors (Lipinski definition) is 3. The van der Waals surface area contributed by atoms with E-state index >= 15 is 0 Å². The summed E-state index contributed by atoms with van der Waals surface area (Å²) >= 11 is 0. The highest BCUT2D eigenvalue weighted by Gasteiger charge is 2.25. The van der Waals surface area contributed by atoms with E-state index in [0.29, 0.717) is 17.8 Å². The number of carbonyl (C=O) groups excluding carboxylic acids is 2. The smallest absolute Gasteiger partial charge is 0.303 e. The lowest BCUT2D eigenvalue weighted by Gasteiger charge is -2.21. The second-order valence-corrected chi connectivity index (χ2v) is 5.90. The predicted octanol–water partition coefficient (Wildman–Crippen LogP) is 2.27. The summed E-state index contributed by atoms with van der Waals surface area (Å²) in [5.74, 6) is -1.42. The van der Waals surface area contributed by atoms with E-state index in [-0.39, 0.29) is 24.7 Å². The Labute approximate surface area is 129 Å². The van der Waals surface area contributed by atoms with E-state index in [1.54, 1.807) is 38.1 Å². The van der Waals surface area contributed by atoms with Gasteiger partial charge in [0.15, 0.2) is 0 Å². The number of aliphatic carboxylic acids is 1.